The number of amides is 1. The molecule has 1 aromatic rings. The molecule has 0 aliphatic rings. The fourth-order valence-corrected chi connectivity index (χ4v) is 1.27. The smallest absolute Gasteiger partial charge is 0.218 e. The first-order valence-corrected chi connectivity index (χ1v) is 5.24. The van der Waals surface area contributed by atoms with Crippen LogP contribution in [-0.2, 0) is 4.79 Å². The SMILES string of the molecule is CC(CC(N)=O)NCC#Cc1ccccc1. The molecule has 0 aromatic heterocycles. The average molecular weight is 216 g/mol. The maximum atomic E-state index is 10.6. The topological polar surface area (TPSA) is 55.1 Å². The van der Waals surface area contributed by atoms with Crippen LogP contribution >= 0.6 is 0 Å². The molecule has 0 saturated heterocycles. The van der Waals surface area contributed by atoms with Gasteiger partial charge in [-0.15, -0.1) is 0 Å². The van der Waals surface area contributed by atoms with E-state index in [0.29, 0.717) is 13.0 Å². The molecule has 84 valence electrons. The Morgan fingerprint density at radius 2 is 2.12 bits per heavy atom. The predicted molar refractivity (Wildman–Crippen MR) is 64.6 cm³/mol. The highest BCUT2D eigenvalue weighted by Crippen LogP contribution is 1.94. The minimum Gasteiger partial charge on any atom is -0.370 e. The van der Waals surface area contributed by atoms with E-state index in [-0.39, 0.29) is 11.9 Å². The van der Waals surface area contributed by atoms with Crippen LogP contribution in [0.2, 0.25) is 0 Å². The third-order valence-electron chi connectivity index (χ3n) is 2.05. The van der Waals surface area contributed by atoms with Crippen molar-refractivity contribution >= 4 is 5.91 Å². The van der Waals surface area contributed by atoms with Gasteiger partial charge in [0.25, 0.3) is 0 Å². The second-order valence-electron chi connectivity index (χ2n) is 3.62. The summed E-state index contributed by atoms with van der Waals surface area (Å²) in [6.07, 6.45) is 0.340. The molecule has 1 aromatic carbocycles. The van der Waals surface area contributed by atoms with E-state index in [1.165, 1.54) is 0 Å². The number of nitrogens with one attached hydrogen (secondary N) is 1. The van der Waals surface area contributed by atoms with E-state index in [2.05, 4.69) is 17.2 Å². The number of carbonyl (C=O) groups is 1. The van der Waals surface area contributed by atoms with Gasteiger partial charge in [-0.3, -0.25) is 4.79 Å². The van der Waals surface area contributed by atoms with Crippen LogP contribution in [0.25, 0.3) is 0 Å². The molecule has 3 nitrogen and oxygen atoms in total. The van der Waals surface area contributed by atoms with Crippen molar-refractivity contribution < 1.29 is 4.79 Å². The zero-order valence-corrected chi connectivity index (χ0v) is 9.36. The van der Waals surface area contributed by atoms with Crippen molar-refractivity contribution in [2.45, 2.75) is 19.4 Å². The van der Waals surface area contributed by atoms with Crippen molar-refractivity contribution in [3.05, 3.63) is 35.9 Å². The van der Waals surface area contributed by atoms with Crippen LogP contribution in [0.1, 0.15) is 18.9 Å². The molecule has 1 atom stereocenters. The van der Waals surface area contributed by atoms with Crippen LogP contribution in [0.5, 0.6) is 0 Å². The van der Waals surface area contributed by atoms with Gasteiger partial charge in [0.05, 0.1) is 6.54 Å². The Hall–Kier alpha value is -1.79. The quantitative estimate of drug-likeness (QED) is 0.734. The summed E-state index contributed by atoms with van der Waals surface area (Å²) in [7, 11) is 0. The number of primary amides is 1. The summed E-state index contributed by atoms with van der Waals surface area (Å²) in [5.41, 5.74) is 6.07. The molecule has 0 radical (unpaired) electrons. The Bertz CT molecular complexity index is 389. The summed E-state index contributed by atoms with van der Waals surface area (Å²) in [6, 6.07) is 9.85. The van der Waals surface area contributed by atoms with Crippen molar-refractivity contribution in [2.24, 2.45) is 5.73 Å². The molecule has 1 amide bonds. The highest BCUT2D eigenvalue weighted by atomic mass is 16.1. The molecule has 0 spiro atoms. The van der Waals surface area contributed by atoms with Gasteiger partial charge in [-0.2, -0.15) is 0 Å². The standard InChI is InChI=1S/C13H16N2O/c1-11(10-13(14)16)15-9-5-8-12-6-3-2-4-7-12/h2-4,6-7,11,15H,9-10H2,1H3,(H2,14,16). The lowest BCUT2D eigenvalue weighted by molar-refractivity contribution is -0.118. The van der Waals surface area contributed by atoms with Crippen LogP contribution < -0.4 is 11.1 Å². The molecular weight excluding hydrogens is 200 g/mol. The van der Waals surface area contributed by atoms with Gasteiger partial charge < -0.3 is 11.1 Å². The van der Waals surface area contributed by atoms with Crippen molar-refractivity contribution in [3.8, 4) is 11.8 Å². The highest BCUT2D eigenvalue weighted by molar-refractivity contribution is 5.74. The first kappa shape index (κ1) is 12.3. The molecule has 0 heterocycles. The molecule has 16 heavy (non-hydrogen) atoms. The number of rotatable bonds is 4. The normalized spacial score (nSPS) is 11.3. The zero-order valence-electron chi connectivity index (χ0n) is 9.36. The minimum absolute atomic E-state index is 0.0718. The van der Waals surface area contributed by atoms with E-state index >= 15 is 0 Å². The highest BCUT2D eigenvalue weighted by Gasteiger charge is 2.02. The van der Waals surface area contributed by atoms with E-state index < -0.39 is 0 Å². The monoisotopic (exact) mass is 216 g/mol. The Kier molecular flexibility index (Phi) is 5.10. The van der Waals surface area contributed by atoms with Crippen LogP contribution in [0.3, 0.4) is 0 Å². The van der Waals surface area contributed by atoms with E-state index in [4.69, 9.17) is 5.73 Å². The van der Waals surface area contributed by atoms with Gasteiger partial charge in [-0.25, -0.2) is 0 Å². The van der Waals surface area contributed by atoms with Crippen molar-refractivity contribution in [3.63, 3.8) is 0 Å². The third-order valence-corrected chi connectivity index (χ3v) is 2.05. The molecule has 0 fully saturated rings. The largest absolute Gasteiger partial charge is 0.370 e. The summed E-state index contributed by atoms with van der Waals surface area (Å²) in [6.45, 7) is 2.47. The van der Waals surface area contributed by atoms with Crippen molar-refractivity contribution in [1.82, 2.24) is 5.32 Å². The molecule has 0 aliphatic heterocycles. The summed E-state index contributed by atoms with van der Waals surface area (Å²) in [5.74, 6) is 5.72. The van der Waals surface area contributed by atoms with E-state index in [1.54, 1.807) is 0 Å². The summed E-state index contributed by atoms with van der Waals surface area (Å²) >= 11 is 0. The maximum Gasteiger partial charge on any atom is 0.218 e. The lowest BCUT2D eigenvalue weighted by Gasteiger charge is -2.07. The third kappa shape index (κ3) is 5.18. The Balaban J connectivity index is 2.31. The summed E-state index contributed by atoms with van der Waals surface area (Å²) < 4.78 is 0. The Morgan fingerprint density at radius 1 is 1.44 bits per heavy atom. The van der Waals surface area contributed by atoms with Gasteiger partial charge in [-0.1, -0.05) is 30.0 Å². The number of carbonyl (C=O) groups excluding carboxylic acids is 1. The van der Waals surface area contributed by atoms with E-state index in [0.717, 1.165) is 5.56 Å². The summed E-state index contributed by atoms with van der Waals surface area (Å²) in [5, 5.41) is 3.11. The molecule has 3 N–H and O–H groups in total. The molecule has 0 bridgehead atoms. The summed E-state index contributed by atoms with van der Waals surface area (Å²) in [4.78, 5) is 10.6. The van der Waals surface area contributed by atoms with Gasteiger partial charge in [0.2, 0.25) is 5.91 Å². The number of hydrogen-bond donors (Lipinski definition) is 2. The number of nitrogens with two attached hydrogens (primary N) is 1. The second-order valence-corrected chi connectivity index (χ2v) is 3.62. The van der Waals surface area contributed by atoms with Crippen molar-refractivity contribution in [2.75, 3.05) is 6.54 Å². The fourth-order valence-electron chi connectivity index (χ4n) is 1.27. The van der Waals surface area contributed by atoms with Gasteiger partial charge in [0, 0.05) is 18.0 Å². The maximum absolute atomic E-state index is 10.6. The number of benzene rings is 1. The van der Waals surface area contributed by atoms with E-state index in [1.807, 2.05) is 37.3 Å². The number of hydrogen-bond acceptors (Lipinski definition) is 2. The van der Waals surface area contributed by atoms with Crippen LogP contribution in [0.4, 0.5) is 0 Å². The molecule has 1 rings (SSSR count). The van der Waals surface area contributed by atoms with Gasteiger partial charge in [0.15, 0.2) is 0 Å². The van der Waals surface area contributed by atoms with Gasteiger partial charge >= 0.3 is 0 Å². The Morgan fingerprint density at radius 3 is 2.75 bits per heavy atom. The molecule has 0 saturated carbocycles. The second kappa shape index (κ2) is 6.65. The van der Waals surface area contributed by atoms with Crippen LogP contribution in [0.15, 0.2) is 30.3 Å². The van der Waals surface area contributed by atoms with Gasteiger partial charge in [-0.05, 0) is 19.1 Å². The molecular formula is C13H16N2O. The zero-order chi connectivity index (χ0) is 11.8. The Labute approximate surface area is 96.0 Å². The predicted octanol–water partition coefficient (Wildman–Crippen LogP) is 0.892. The molecule has 3 heteroatoms. The minimum atomic E-state index is -0.295. The average Bonchev–Trinajstić information content (AvgIpc) is 2.25. The van der Waals surface area contributed by atoms with Crippen LogP contribution in [0, 0.1) is 11.8 Å². The first-order valence-electron chi connectivity index (χ1n) is 5.24. The van der Waals surface area contributed by atoms with Crippen LogP contribution in [-0.4, -0.2) is 18.5 Å². The molecule has 0 aliphatic carbocycles. The first-order chi connectivity index (χ1) is 7.68. The van der Waals surface area contributed by atoms with Gasteiger partial charge in [0.1, 0.15) is 0 Å². The lowest BCUT2D eigenvalue weighted by atomic mass is 10.2. The molecule has 1 unspecified atom stereocenters. The van der Waals surface area contributed by atoms with Crippen molar-refractivity contribution in [1.29, 1.82) is 0 Å². The fraction of sp³-hybridized carbons (Fsp3) is 0.308. The lowest BCUT2D eigenvalue weighted by Crippen LogP contribution is -2.31. The van der Waals surface area contributed by atoms with E-state index in [9.17, 15) is 4.79 Å².